The van der Waals surface area contributed by atoms with E-state index in [2.05, 4.69) is 33.9 Å². The highest BCUT2D eigenvalue weighted by atomic mass is 35.5. The molecule has 0 saturated carbocycles. The molecule has 1 atom stereocenters. The van der Waals surface area contributed by atoms with Gasteiger partial charge in [0, 0.05) is 42.7 Å². The van der Waals surface area contributed by atoms with Gasteiger partial charge in [-0.1, -0.05) is 36.2 Å². The van der Waals surface area contributed by atoms with Crippen LogP contribution in [0.5, 0.6) is 0 Å². The number of benzene rings is 1. The molecule has 1 fully saturated rings. The lowest BCUT2D eigenvalue weighted by Crippen LogP contribution is -2.32. The molecule has 2 aliphatic rings. The Morgan fingerprint density at radius 3 is 2.65 bits per heavy atom. The van der Waals surface area contributed by atoms with Crippen molar-refractivity contribution in [3.05, 3.63) is 83.1 Å². The summed E-state index contributed by atoms with van der Waals surface area (Å²) in [4.78, 5) is 10.1. The van der Waals surface area contributed by atoms with Crippen molar-refractivity contribution in [2.45, 2.75) is 32.2 Å². The van der Waals surface area contributed by atoms with Gasteiger partial charge in [-0.15, -0.1) is 0 Å². The van der Waals surface area contributed by atoms with Crippen LogP contribution in [0.25, 0.3) is 28.0 Å². The second-order valence-electron chi connectivity index (χ2n) is 8.26. The van der Waals surface area contributed by atoms with Crippen LogP contribution in [0.1, 0.15) is 31.7 Å². The molecule has 0 spiro atoms. The van der Waals surface area contributed by atoms with Gasteiger partial charge in [0.25, 0.3) is 0 Å². The zero-order valence-corrected chi connectivity index (χ0v) is 18.3. The number of allylic oxidation sites excluding steroid dienone is 1. The summed E-state index contributed by atoms with van der Waals surface area (Å²) in [6, 6.07) is 11.0. The minimum absolute atomic E-state index is 0.251. The molecule has 3 nitrogen and oxygen atoms in total. The Morgan fingerprint density at radius 1 is 1.13 bits per heavy atom. The summed E-state index contributed by atoms with van der Waals surface area (Å²) in [5, 5.41) is 0.633. The predicted molar refractivity (Wildman–Crippen MR) is 125 cm³/mol. The smallest absolute Gasteiger partial charge is 0.123 e. The van der Waals surface area contributed by atoms with E-state index < -0.39 is 0 Å². The number of aromatic amines is 1. The number of hydrogen-bond donors (Lipinski definition) is 1. The van der Waals surface area contributed by atoms with Gasteiger partial charge in [0.1, 0.15) is 11.0 Å². The van der Waals surface area contributed by atoms with Gasteiger partial charge in [-0.05, 0) is 72.4 Å². The lowest BCUT2D eigenvalue weighted by atomic mass is 9.90. The second kappa shape index (κ2) is 8.45. The first-order chi connectivity index (χ1) is 15.1. The van der Waals surface area contributed by atoms with E-state index in [1.165, 1.54) is 23.3 Å². The summed E-state index contributed by atoms with van der Waals surface area (Å²) in [6.45, 7) is 4.30. The average Bonchev–Trinajstić information content (AvgIpc) is 3.34. The summed E-state index contributed by atoms with van der Waals surface area (Å²) >= 11 is 6.82. The van der Waals surface area contributed by atoms with E-state index in [1.54, 1.807) is 24.5 Å². The number of halogens is 2. The lowest BCUT2D eigenvalue weighted by Gasteiger charge is -2.28. The monoisotopic (exact) mass is 433 g/mol. The molecule has 1 unspecified atom stereocenters. The molecule has 3 aromatic rings. The molecule has 1 N–H and O–H groups in total. The van der Waals surface area contributed by atoms with Crippen molar-refractivity contribution in [1.29, 1.82) is 0 Å². The van der Waals surface area contributed by atoms with Crippen molar-refractivity contribution >= 4 is 17.2 Å². The van der Waals surface area contributed by atoms with E-state index in [9.17, 15) is 4.39 Å². The molecule has 2 aliphatic heterocycles. The maximum absolute atomic E-state index is 13.5. The van der Waals surface area contributed by atoms with Gasteiger partial charge >= 0.3 is 0 Å². The maximum Gasteiger partial charge on any atom is 0.123 e. The topological polar surface area (TPSA) is 31.9 Å². The molecule has 4 heterocycles. The van der Waals surface area contributed by atoms with Gasteiger partial charge < -0.3 is 4.98 Å². The summed E-state index contributed by atoms with van der Waals surface area (Å²) < 4.78 is 13.5. The van der Waals surface area contributed by atoms with Gasteiger partial charge in [-0.3, -0.25) is 9.88 Å². The number of H-pyrrole nitrogens is 1. The Bertz CT molecular complexity index is 1150. The number of nitrogens with zero attached hydrogens (tertiary/aromatic N) is 2. The van der Waals surface area contributed by atoms with Crippen LogP contribution in [0.3, 0.4) is 0 Å². The van der Waals surface area contributed by atoms with E-state index in [4.69, 9.17) is 11.6 Å². The van der Waals surface area contributed by atoms with Crippen molar-refractivity contribution in [3.63, 3.8) is 0 Å². The molecule has 2 aromatic heterocycles. The quantitative estimate of drug-likeness (QED) is 0.462. The first-order valence-electron chi connectivity index (χ1n) is 10.8. The van der Waals surface area contributed by atoms with E-state index in [0.717, 1.165) is 60.3 Å². The number of fused-ring (bicyclic) bond motifs is 1. The SMILES string of the molecule is CC/C=C1\CC2C=C(c3c(Cl)[nH]c(-c4ccc(F)cc4)c3-c3ccncc3)CCN2C1. The molecule has 5 rings (SSSR count). The maximum atomic E-state index is 13.5. The van der Waals surface area contributed by atoms with Crippen molar-refractivity contribution in [3.8, 4) is 22.4 Å². The zero-order valence-electron chi connectivity index (χ0n) is 17.5. The third-order valence-corrected chi connectivity index (χ3v) is 6.56. The number of aromatic nitrogens is 2. The molecule has 1 saturated heterocycles. The van der Waals surface area contributed by atoms with Crippen molar-refractivity contribution < 1.29 is 4.39 Å². The van der Waals surface area contributed by atoms with Gasteiger partial charge in [0.15, 0.2) is 0 Å². The Labute approximate surface area is 187 Å². The fraction of sp³-hybridized carbons (Fsp3) is 0.269. The van der Waals surface area contributed by atoms with E-state index in [0.29, 0.717) is 11.2 Å². The second-order valence-corrected chi connectivity index (χ2v) is 8.64. The first-order valence-corrected chi connectivity index (χ1v) is 11.2. The number of nitrogens with one attached hydrogen (secondary N) is 1. The highest BCUT2D eigenvalue weighted by Gasteiger charge is 2.32. The van der Waals surface area contributed by atoms with Crippen molar-refractivity contribution in [2.24, 2.45) is 0 Å². The minimum atomic E-state index is -0.251. The average molecular weight is 434 g/mol. The van der Waals surface area contributed by atoms with Crippen LogP contribution in [0.2, 0.25) is 5.15 Å². The summed E-state index contributed by atoms with van der Waals surface area (Å²) in [5.74, 6) is -0.251. The molecule has 0 radical (unpaired) electrons. The number of rotatable bonds is 4. The fourth-order valence-electron chi connectivity index (χ4n) is 4.89. The van der Waals surface area contributed by atoms with Gasteiger partial charge in [0.05, 0.1) is 5.69 Å². The van der Waals surface area contributed by atoms with Gasteiger partial charge in [-0.25, -0.2) is 4.39 Å². The van der Waals surface area contributed by atoms with Crippen LogP contribution in [0, 0.1) is 5.82 Å². The van der Waals surface area contributed by atoms with Crippen molar-refractivity contribution in [1.82, 2.24) is 14.9 Å². The molecular formula is C26H25ClFN3. The van der Waals surface area contributed by atoms with E-state index >= 15 is 0 Å². The zero-order chi connectivity index (χ0) is 21.4. The third kappa shape index (κ3) is 3.86. The summed E-state index contributed by atoms with van der Waals surface area (Å²) in [6.07, 6.45) is 11.5. The molecule has 0 bridgehead atoms. The summed E-state index contributed by atoms with van der Waals surface area (Å²) in [7, 11) is 0. The molecule has 31 heavy (non-hydrogen) atoms. The highest BCUT2D eigenvalue weighted by Crippen LogP contribution is 2.44. The first kappa shape index (κ1) is 20.2. The third-order valence-electron chi connectivity index (χ3n) is 6.28. The molecule has 0 amide bonds. The predicted octanol–water partition coefficient (Wildman–Crippen LogP) is 6.73. The standard InChI is InChI=1S/C26H25ClFN3/c1-2-3-17-14-22-15-20(10-13-31(22)16-17)24-23(18-8-11-29-12-9-18)25(30-26(24)27)19-4-6-21(28)7-5-19/h3-9,11-12,15,22,30H,2,10,13-14,16H2,1H3/b17-3+. The minimum Gasteiger partial charge on any atom is -0.345 e. The molecule has 5 heteroatoms. The summed E-state index contributed by atoms with van der Waals surface area (Å²) in [5.41, 5.74) is 7.79. The Kier molecular flexibility index (Phi) is 5.51. The molecule has 158 valence electrons. The van der Waals surface area contributed by atoms with Crippen LogP contribution in [0.4, 0.5) is 4.39 Å². The molecule has 0 aliphatic carbocycles. The lowest BCUT2D eigenvalue weighted by molar-refractivity contribution is 0.290. The van der Waals surface area contributed by atoms with E-state index in [1.807, 2.05) is 12.1 Å². The normalized spacial score (nSPS) is 20.2. The Balaban J connectivity index is 1.63. The fourth-order valence-corrected chi connectivity index (χ4v) is 5.20. The Hall–Kier alpha value is -2.69. The van der Waals surface area contributed by atoms with Crippen LogP contribution in [-0.2, 0) is 0 Å². The highest BCUT2D eigenvalue weighted by molar-refractivity contribution is 6.32. The number of hydrogen-bond acceptors (Lipinski definition) is 2. The molecular weight excluding hydrogens is 409 g/mol. The number of pyridine rings is 1. The van der Waals surface area contributed by atoms with Crippen molar-refractivity contribution in [2.75, 3.05) is 13.1 Å². The van der Waals surface area contributed by atoms with Crippen LogP contribution >= 0.6 is 11.6 Å². The van der Waals surface area contributed by atoms with E-state index in [-0.39, 0.29) is 5.82 Å². The largest absolute Gasteiger partial charge is 0.345 e. The van der Waals surface area contributed by atoms with Crippen LogP contribution < -0.4 is 0 Å². The Morgan fingerprint density at radius 2 is 1.90 bits per heavy atom. The van der Waals surface area contributed by atoms with Crippen LogP contribution in [0.15, 0.2) is 66.5 Å². The van der Waals surface area contributed by atoms with Crippen LogP contribution in [-0.4, -0.2) is 34.0 Å². The van der Waals surface area contributed by atoms with Gasteiger partial charge in [0.2, 0.25) is 0 Å². The molecule has 1 aromatic carbocycles. The van der Waals surface area contributed by atoms with Gasteiger partial charge in [-0.2, -0.15) is 0 Å².